The van der Waals surface area contributed by atoms with E-state index in [1.807, 2.05) is 4.90 Å². The molecule has 0 spiro atoms. The first-order valence-corrected chi connectivity index (χ1v) is 15.1. The average Bonchev–Trinajstić information content (AvgIpc) is 3.40. The van der Waals surface area contributed by atoms with Crippen LogP contribution in [-0.4, -0.2) is 64.6 Å². The molecule has 6 rings (SSSR count). The van der Waals surface area contributed by atoms with Crippen LogP contribution >= 0.6 is 11.6 Å². The van der Waals surface area contributed by atoms with Gasteiger partial charge in [0, 0.05) is 43.3 Å². The highest BCUT2D eigenvalue weighted by Crippen LogP contribution is 2.52. The lowest BCUT2D eigenvalue weighted by Crippen LogP contribution is -2.37. The summed E-state index contributed by atoms with van der Waals surface area (Å²) in [5.74, 6) is 0.977. The lowest BCUT2D eigenvalue weighted by atomic mass is 10.1. The zero-order valence-corrected chi connectivity index (χ0v) is 23.2. The van der Waals surface area contributed by atoms with E-state index in [0.717, 1.165) is 0 Å². The first kappa shape index (κ1) is 27.0. The topological polar surface area (TPSA) is 88.2 Å². The van der Waals surface area contributed by atoms with E-state index in [1.54, 1.807) is 60.7 Å². The number of rotatable bonds is 8. The summed E-state index contributed by atoms with van der Waals surface area (Å²) in [6.45, 7) is 3.60. The van der Waals surface area contributed by atoms with Crippen LogP contribution in [0.2, 0.25) is 5.02 Å². The monoisotopic (exact) mass is 585 g/mol. The van der Waals surface area contributed by atoms with Crippen molar-refractivity contribution >= 4 is 33.2 Å². The summed E-state index contributed by atoms with van der Waals surface area (Å²) < 4.78 is 53.7. The van der Waals surface area contributed by atoms with Crippen LogP contribution in [0.4, 0.5) is 10.1 Å². The van der Waals surface area contributed by atoms with Gasteiger partial charge in [-0.2, -0.15) is 4.31 Å². The fourth-order valence-corrected chi connectivity index (χ4v) is 7.24. The third-order valence-electron chi connectivity index (χ3n) is 7.91. The molecule has 1 aliphatic carbocycles. The van der Waals surface area contributed by atoms with Crippen molar-refractivity contribution in [3.63, 3.8) is 0 Å². The van der Waals surface area contributed by atoms with Crippen LogP contribution in [0, 0.1) is 23.6 Å². The Morgan fingerprint density at radius 2 is 1.60 bits per heavy atom. The van der Waals surface area contributed by atoms with Crippen molar-refractivity contribution in [1.29, 1.82) is 0 Å². The number of carbonyl (C=O) groups is 1. The summed E-state index contributed by atoms with van der Waals surface area (Å²) in [6, 6.07) is 17.8. The molecule has 3 fully saturated rings. The van der Waals surface area contributed by atoms with Crippen LogP contribution in [0.3, 0.4) is 0 Å². The van der Waals surface area contributed by atoms with Crippen molar-refractivity contribution in [2.24, 2.45) is 17.8 Å². The van der Waals surface area contributed by atoms with Gasteiger partial charge in [-0.15, -0.1) is 0 Å². The normalized spacial score (nSPS) is 22.6. The van der Waals surface area contributed by atoms with E-state index in [9.17, 15) is 17.6 Å². The molecule has 0 bridgehead atoms. The molecule has 1 amide bonds. The lowest BCUT2D eigenvalue weighted by molar-refractivity contribution is 0.0949. The minimum absolute atomic E-state index is 0.197. The van der Waals surface area contributed by atoms with Crippen LogP contribution in [0.25, 0.3) is 0 Å². The summed E-state index contributed by atoms with van der Waals surface area (Å²) in [4.78, 5) is 14.8. The Labute approximate surface area is 237 Å². The molecule has 11 heteroatoms. The van der Waals surface area contributed by atoms with Crippen molar-refractivity contribution in [3.05, 3.63) is 83.1 Å². The Morgan fingerprint density at radius 1 is 0.975 bits per heavy atom. The molecule has 2 saturated heterocycles. The second kappa shape index (κ2) is 11.0. The van der Waals surface area contributed by atoms with Crippen molar-refractivity contribution < 1.29 is 27.1 Å². The fourth-order valence-electron chi connectivity index (χ4n) is 5.60. The molecule has 0 aromatic heterocycles. The molecular formula is C29H29ClFN3O5S. The van der Waals surface area contributed by atoms with Crippen LogP contribution in [-0.2, 0) is 14.8 Å². The zero-order valence-electron chi connectivity index (χ0n) is 21.6. The second-order valence-corrected chi connectivity index (χ2v) is 12.7. The van der Waals surface area contributed by atoms with Gasteiger partial charge in [-0.25, -0.2) is 12.8 Å². The van der Waals surface area contributed by atoms with Crippen LogP contribution in [0.1, 0.15) is 10.4 Å². The quantitative estimate of drug-likeness (QED) is 0.422. The van der Waals surface area contributed by atoms with Crippen molar-refractivity contribution in [2.75, 3.05) is 50.8 Å². The molecular weight excluding hydrogens is 557 g/mol. The number of hydrogen-bond acceptors (Lipinski definition) is 6. The van der Waals surface area contributed by atoms with Gasteiger partial charge in [0.25, 0.3) is 5.91 Å². The van der Waals surface area contributed by atoms with Crippen molar-refractivity contribution in [2.45, 2.75) is 4.90 Å². The number of piperidine rings is 1. The van der Waals surface area contributed by atoms with Gasteiger partial charge in [0.15, 0.2) is 0 Å². The predicted octanol–water partition coefficient (Wildman–Crippen LogP) is 4.40. The van der Waals surface area contributed by atoms with Crippen LogP contribution in [0.15, 0.2) is 71.6 Å². The Balaban J connectivity index is 0.997. The average molecular weight is 586 g/mol. The SMILES string of the molecule is O=C(NCC1C2CN(S(=O)(=O)c3ccc(Oc4ccc(Cl)cc4)cc3)CC12)c1ccc(N2CCOCC2)c(F)c1. The molecule has 2 atom stereocenters. The molecule has 2 aliphatic heterocycles. The highest BCUT2D eigenvalue weighted by atomic mass is 35.5. The van der Waals surface area contributed by atoms with E-state index in [1.165, 1.54) is 10.4 Å². The van der Waals surface area contributed by atoms with Crippen LogP contribution in [0.5, 0.6) is 11.5 Å². The summed E-state index contributed by atoms with van der Waals surface area (Å²) in [5.41, 5.74) is 0.745. The standard InChI is InChI=1S/C29H29ClFN3O5S/c30-20-2-4-21(5-3-20)39-22-6-8-23(9-7-22)40(36,37)34-17-25-24(26(25)18-34)16-32-29(35)19-1-10-28(27(31)15-19)33-11-13-38-14-12-33/h1-10,15,24-26H,11-14,16-18H2,(H,32,35). The maximum absolute atomic E-state index is 14.7. The number of carbonyl (C=O) groups excluding carboxylic acids is 1. The van der Waals surface area contributed by atoms with Gasteiger partial charge in [0.1, 0.15) is 17.3 Å². The highest BCUT2D eigenvalue weighted by molar-refractivity contribution is 7.89. The number of sulfonamides is 1. The third-order valence-corrected chi connectivity index (χ3v) is 10.0. The molecule has 1 saturated carbocycles. The number of nitrogens with zero attached hydrogens (tertiary/aromatic N) is 2. The maximum atomic E-state index is 14.7. The predicted molar refractivity (Wildman–Crippen MR) is 149 cm³/mol. The summed E-state index contributed by atoms with van der Waals surface area (Å²) in [7, 11) is -3.63. The summed E-state index contributed by atoms with van der Waals surface area (Å²) in [6.07, 6.45) is 0. The van der Waals surface area contributed by atoms with Gasteiger partial charge < -0.3 is 19.7 Å². The molecule has 210 valence electrons. The van der Waals surface area contributed by atoms with E-state index in [0.29, 0.717) is 68.1 Å². The van der Waals surface area contributed by atoms with E-state index >= 15 is 0 Å². The van der Waals surface area contributed by atoms with Crippen molar-refractivity contribution in [1.82, 2.24) is 9.62 Å². The number of halogens is 2. The van der Waals surface area contributed by atoms with E-state index < -0.39 is 15.8 Å². The van der Waals surface area contributed by atoms with Gasteiger partial charge in [0.05, 0.1) is 23.8 Å². The number of fused-ring (bicyclic) bond motifs is 1. The Morgan fingerprint density at radius 3 is 2.23 bits per heavy atom. The fraction of sp³-hybridized carbons (Fsp3) is 0.345. The Hall–Kier alpha value is -3.18. The first-order chi connectivity index (χ1) is 19.3. The minimum atomic E-state index is -3.63. The number of hydrogen-bond donors (Lipinski definition) is 1. The summed E-state index contributed by atoms with van der Waals surface area (Å²) >= 11 is 5.90. The van der Waals surface area contributed by atoms with Gasteiger partial charge in [0.2, 0.25) is 10.0 Å². The number of nitrogens with one attached hydrogen (secondary N) is 1. The maximum Gasteiger partial charge on any atom is 0.251 e. The molecule has 2 heterocycles. The molecule has 2 unspecified atom stereocenters. The zero-order chi connectivity index (χ0) is 27.9. The van der Waals surface area contributed by atoms with Gasteiger partial charge in [-0.05, 0) is 84.5 Å². The van der Waals surface area contributed by atoms with E-state index in [-0.39, 0.29) is 34.1 Å². The minimum Gasteiger partial charge on any atom is -0.457 e. The lowest BCUT2D eigenvalue weighted by Gasteiger charge is -2.29. The Bertz CT molecular complexity index is 1490. The van der Waals surface area contributed by atoms with Crippen LogP contribution < -0.4 is 15.0 Å². The molecule has 3 aliphatic rings. The van der Waals surface area contributed by atoms with E-state index in [2.05, 4.69) is 5.32 Å². The third kappa shape index (κ3) is 5.54. The molecule has 0 radical (unpaired) electrons. The smallest absolute Gasteiger partial charge is 0.251 e. The molecule has 40 heavy (non-hydrogen) atoms. The Kier molecular flexibility index (Phi) is 7.43. The van der Waals surface area contributed by atoms with Gasteiger partial charge >= 0.3 is 0 Å². The number of amides is 1. The van der Waals surface area contributed by atoms with Crippen molar-refractivity contribution in [3.8, 4) is 11.5 Å². The molecule has 3 aromatic rings. The second-order valence-electron chi connectivity index (χ2n) is 10.3. The summed E-state index contributed by atoms with van der Waals surface area (Å²) in [5, 5.41) is 3.51. The molecule has 8 nitrogen and oxygen atoms in total. The number of ether oxygens (including phenoxy) is 2. The molecule has 1 N–H and O–H groups in total. The largest absolute Gasteiger partial charge is 0.457 e. The van der Waals surface area contributed by atoms with E-state index in [4.69, 9.17) is 21.1 Å². The number of benzene rings is 3. The molecule has 3 aromatic carbocycles. The first-order valence-electron chi connectivity index (χ1n) is 13.2. The number of morpholine rings is 1. The van der Waals surface area contributed by atoms with Gasteiger partial charge in [-0.3, -0.25) is 4.79 Å². The number of anilines is 1. The highest BCUT2D eigenvalue weighted by Gasteiger charge is 2.57. The van der Waals surface area contributed by atoms with Gasteiger partial charge in [-0.1, -0.05) is 11.6 Å².